The number of ether oxygens (including phenoxy) is 1. The van der Waals surface area contributed by atoms with Crippen LogP contribution in [-0.4, -0.2) is 12.6 Å². The molecular formula is C14H14Cl2N2O3. The van der Waals surface area contributed by atoms with Crippen molar-refractivity contribution in [2.75, 3.05) is 0 Å². The minimum atomic E-state index is 0. The van der Waals surface area contributed by atoms with Crippen molar-refractivity contribution in [3.63, 3.8) is 0 Å². The van der Waals surface area contributed by atoms with E-state index in [2.05, 4.69) is 0 Å². The van der Waals surface area contributed by atoms with Crippen molar-refractivity contribution in [1.82, 2.24) is 0 Å². The number of carbonyl (C=O) groups is 2. The maximum Gasteiger partial charge on any atom is 0.258 e. The van der Waals surface area contributed by atoms with Crippen LogP contribution < -0.4 is 33.9 Å². The SMILES string of the molecule is O=Cc1ccc[n+](COC[n+]2ccccc2C=O)c1.[Cl-].[Cl-]. The Morgan fingerprint density at radius 1 is 0.952 bits per heavy atom. The third-order valence-electron chi connectivity index (χ3n) is 2.58. The summed E-state index contributed by atoms with van der Waals surface area (Å²) in [6, 6.07) is 8.84. The number of halogens is 2. The highest BCUT2D eigenvalue weighted by Crippen LogP contribution is 1.90. The van der Waals surface area contributed by atoms with Crippen LogP contribution in [0.3, 0.4) is 0 Å². The summed E-state index contributed by atoms with van der Waals surface area (Å²) in [6.07, 6.45) is 6.85. The highest BCUT2D eigenvalue weighted by Gasteiger charge is 2.09. The van der Waals surface area contributed by atoms with Crippen molar-refractivity contribution >= 4 is 12.6 Å². The van der Waals surface area contributed by atoms with Gasteiger partial charge in [0, 0.05) is 18.2 Å². The van der Waals surface area contributed by atoms with Gasteiger partial charge in [0.25, 0.3) is 13.5 Å². The molecule has 0 aliphatic heterocycles. The summed E-state index contributed by atoms with van der Waals surface area (Å²) in [5.74, 6) is 0. The first kappa shape index (κ1) is 19.2. The van der Waals surface area contributed by atoms with E-state index >= 15 is 0 Å². The summed E-state index contributed by atoms with van der Waals surface area (Å²) >= 11 is 0. The Morgan fingerprint density at radius 2 is 1.76 bits per heavy atom. The fourth-order valence-electron chi connectivity index (χ4n) is 1.65. The molecule has 0 N–H and O–H groups in total. The molecule has 0 aromatic carbocycles. The molecule has 0 saturated heterocycles. The molecular weight excluding hydrogens is 315 g/mol. The number of hydrogen-bond donors (Lipinski definition) is 0. The van der Waals surface area contributed by atoms with E-state index in [4.69, 9.17) is 4.74 Å². The quantitative estimate of drug-likeness (QED) is 0.393. The van der Waals surface area contributed by atoms with Gasteiger partial charge in [-0.25, -0.2) is 0 Å². The van der Waals surface area contributed by atoms with Crippen LogP contribution >= 0.6 is 0 Å². The summed E-state index contributed by atoms with van der Waals surface area (Å²) in [7, 11) is 0. The van der Waals surface area contributed by atoms with Crippen LogP contribution in [0.1, 0.15) is 20.8 Å². The zero-order valence-corrected chi connectivity index (χ0v) is 12.6. The van der Waals surface area contributed by atoms with E-state index in [0.717, 1.165) is 12.6 Å². The summed E-state index contributed by atoms with van der Waals surface area (Å²) in [5, 5.41) is 0. The van der Waals surface area contributed by atoms with E-state index in [1.54, 1.807) is 45.8 Å². The molecule has 0 aliphatic rings. The lowest BCUT2D eigenvalue weighted by atomic mass is 10.3. The van der Waals surface area contributed by atoms with Gasteiger partial charge < -0.3 is 24.8 Å². The largest absolute Gasteiger partial charge is 1.00 e. The summed E-state index contributed by atoms with van der Waals surface area (Å²) in [6.45, 7) is 0.578. The van der Waals surface area contributed by atoms with Crippen LogP contribution in [0.4, 0.5) is 0 Å². The molecule has 0 fully saturated rings. The van der Waals surface area contributed by atoms with Gasteiger partial charge in [0.05, 0.1) is 5.56 Å². The highest BCUT2D eigenvalue weighted by atomic mass is 35.5. The second-order valence-corrected chi connectivity index (χ2v) is 3.94. The molecule has 112 valence electrons. The molecule has 0 spiro atoms. The van der Waals surface area contributed by atoms with E-state index in [1.165, 1.54) is 0 Å². The third-order valence-corrected chi connectivity index (χ3v) is 2.58. The zero-order chi connectivity index (χ0) is 13.5. The molecule has 2 heterocycles. The predicted octanol–water partition coefficient (Wildman–Crippen LogP) is -5.47. The average molecular weight is 329 g/mol. The Morgan fingerprint density at radius 3 is 2.48 bits per heavy atom. The lowest BCUT2D eigenvalue weighted by molar-refractivity contribution is -0.789. The van der Waals surface area contributed by atoms with Crippen LogP contribution in [0, 0.1) is 0 Å². The van der Waals surface area contributed by atoms with Crippen LogP contribution in [0.2, 0.25) is 0 Å². The molecule has 2 aromatic rings. The predicted molar refractivity (Wildman–Crippen MR) is 65.1 cm³/mol. The van der Waals surface area contributed by atoms with Crippen molar-refractivity contribution in [1.29, 1.82) is 0 Å². The van der Waals surface area contributed by atoms with Gasteiger partial charge >= 0.3 is 0 Å². The minimum absolute atomic E-state index is 0. The number of rotatable bonds is 6. The first-order chi connectivity index (χ1) is 9.33. The fraction of sp³-hybridized carbons (Fsp3) is 0.143. The van der Waals surface area contributed by atoms with Gasteiger partial charge in [0.1, 0.15) is 0 Å². The smallest absolute Gasteiger partial charge is 0.258 e. The zero-order valence-electron chi connectivity index (χ0n) is 11.1. The lowest BCUT2D eigenvalue weighted by Crippen LogP contribution is -3.00. The van der Waals surface area contributed by atoms with Crippen molar-refractivity contribution in [3.05, 3.63) is 60.2 Å². The fourth-order valence-corrected chi connectivity index (χ4v) is 1.65. The van der Waals surface area contributed by atoms with E-state index in [-0.39, 0.29) is 31.5 Å². The van der Waals surface area contributed by atoms with Crippen LogP contribution in [-0.2, 0) is 18.2 Å². The molecule has 7 heteroatoms. The number of nitrogens with zero attached hydrogens (tertiary/aromatic N) is 2. The topological polar surface area (TPSA) is 51.1 Å². The highest BCUT2D eigenvalue weighted by molar-refractivity contribution is 5.73. The van der Waals surface area contributed by atoms with Crippen LogP contribution in [0.25, 0.3) is 0 Å². The second-order valence-electron chi connectivity index (χ2n) is 3.94. The monoisotopic (exact) mass is 328 g/mol. The van der Waals surface area contributed by atoms with Gasteiger partial charge in [-0.3, -0.25) is 14.3 Å². The molecule has 0 amide bonds. The van der Waals surface area contributed by atoms with E-state index in [1.807, 2.05) is 12.3 Å². The first-order valence-corrected chi connectivity index (χ1v) is 5.79. The third kappa shape index (κ3) is 5.59. The van der Waals surface area contributed by atoms with E-state index in [0.29, 0.717) is 18.0 Å². The maximum atomic E-state index is 10.8. The molecule has 0 radical (unpaired) electrons. The molecule has 0 saturated carbocycles. The summed E-state index contributed by atoms with van der Waals surface area (Å²) < 4.78 is 8.96. The Kier molecular flexibility index (Phi) is 9.12. The minimum Gasteiger partial charge on any atom is -1.00 e. The number of pyridine rings is 2. The van der Waals surface area contributed by atoms with Gasteiger partial charge in [-0.1, -0.05) is 0 Å². The Labute approximate surface area is 135 Å². The number of aromatic nitrogens is 2. The normalized spacial score (nSPS) is 9.14. The van der Waals surface area contributed by atoms with Gasteiger partial charge in [0.2, 0.25) is 12.0 Å². The van der Waals surface area contributed by atoms with Crippen LogP contribution in [0.5, 0.6) is 0 Å². The van der Waals surface area contributed by atoms with Crippen molar-refractivity contribution < 1.29 is 48.3 Å². The number of carbonyl (C=O) groups excluding carboxylic acids is 2. The molecule has 0 bridgehead atoms. The van der Waals surface area contributed by atoms with Crippen molar-refractivity contribution in [2.24, 2.45) is 0 Å². The number of hydrogen-bond acceptors (Lipinski definition) is 3. The Hall–Kier alpha value is -1.82. The van der Waals surface area contributed by atoms with Crippen LogP contribution in [0.15, 0.2) is 48.9 Å². The van der Waals surface area contributed by atoms with Gasteiger partial charge in [-0.05, 0) is 12.1 Å². The second kappa shape index (κ2) is 9.99. The molecule has 0 aliphatic carbocycles. The summed E-state index contributed by atoms with van der Waals surface area (Å²) in [5.41, 5.74) is 1.14. The maximum absolute atomic E-state index is 10.8. The average Bonchev–Trinajstić information content (AvgIpc) is 2.48. The molecule has 21 heavy (non-hydrogen) atoms. The standard InChI is InChI=1S/C14H14N2O3.2ClH/c17-9-13-4-3-6-15(8-13)11-19-12-16-7-2-1-5-14(16)10-18;;/h1-10H,11-12H2;2*1H/q+2;;/p-2. The van der Waals surface area contributed by atoms with E-state index in [9.17, 15) is 9.59 Å². The Balaban J connectivity index is 0.00000200. The molecule has 0 unspecified atom stereocenters. The first-order valence-electron chi connectivity index (χ1n) is 5.79. The number of aldehydes is 2. The lowest BCUT2D eigenvalue weighted by Gasteiger charge is -1.99. The van der Waals surface area contributed by atoms with Gasteiger partial charge in [-0.15, -0.1) is 0 Å². The molecule has 2 rings (SSSR count). The summed E-state index contributed by atoms with van der Waals surface area (Å²) in [4.78, 5) is 21.5. The molecule has 5 nitrogen and oxygen atoms in total. The van der Waals surface area contributed by atoms with Crippen molar-refractivity contribution in [3.8, 4) is 0 Å². The Bertz CT molecular complexity index is 594. The molecule has 2 aromatic heterocycles. The molecule has 0 atom stereocenters. The van der Waals surface area contributed by atoms with Crippen molar-refractivity contribution in [2.45, 2.75) is 13.5 Å². The van der Waals surface area contributed by atoms with Gasteiger partial charge in [0.15, 0.2) is 24.9 Å². The van der Waals surface area contributed by atoms with E-state index < -0.39 is 0 Å². The van der Waals surface area contributed by atoms with Gasteiger partial charge in [-0.2, -0.15) is 9.13 Å².